The van der Waals surface area contributed by atoms with Gasteiger partial charge in [-0.05, 0) is 43.7 Å². The van der Waals surface area contributed by atoms with Gasteiger partial charge in [-0.3, -0.25) is 9.89 Å². The predicted octanol–water partition coefficient (Wildman–Crippen LogP) is 3.70. The molecule has 1 saturated heterocycles. The van der Waals surface area contributed by atoms with Gasteiger partial charge in [0.25, 0.3) is 0 Å². The number of aromatic amines is 2. The number of Topliss-reactive ketones (excluding diaryl/α,β-unsaturated/α-hetero) is 1. The van der Waals surface area contributed by atoms with E-state index in [0.29, 0.717) is 24.5 Å². The lowest BCUT2D eigenvalue weighted by Gasteiger charge is -2.29. The minimum absolute atomic E-state index is 0.0315. The average molecular weight is 441 g/mol. The molecule has 1 fully saturated rings. The van der Waals surface area contributed by atoms with Crippen LogP contribution in [0.15, 0.2) is 36.5 Å². The fraction of sp³-hybridized carbons (Fsp3) is 0.280. The van der Waals surface area contributed by atoms with Crippen LogP contribution in [-0.4, -0.2) is 52.3 Å². The number of aromatic nitrogens is 4. The van der Waals surface area contributed by atoms with Gasteiger partial charge in [0.15, 0.2) is 5.78 Å². The number of anilines is 1. The molecule has 0 saturated carbocycles. The highest BCUT2D eigenvalue weighted by molar-refractivity contribution is 5.97. The molecule has 0 atom stereocenters. The summed E-state index contributed by atoms with van der Waals surface area (Å²) in [5.74, 6) is -0.0315. The van der Waals surface area contributed by atoms with E-state index in [0.717, 1.165) is 57.9 Å². The van der Waals surface area contributed by atoms with Crippen LogP contribution in [0, 0.1) is 25.2 Å². The van der Waals surface area contributed by atoms with E-state index in [4.69, 9.17) is 4.74 Å². The number of aryl methyl sites for hydroxylation is 1. The molecule has 1 aromatic carbocycles. The fourth-order valence-corrected chi connectivity index (χ4v) is 4.20. The van der Waals surface area contributed by atoms with Crippen molar-refractivity contribution in [3.63, 3.8) is 0 Å². The summed E-state index contributed by atoms with van der Waals surface area (Å²) in [6, 6.07) is 12.2. The van der Waals surface area contributed by atoms with Gasteiger partial charge in [0.1, 0.15) is 17.4 Å². The van der Waals surface area contributed by atoms with E-state index in [1.54, 1.807) is 6.20 Å². The number of rotatable bonds is 5. The number of carbonyl (C=O) groups excluding carboxylic acids is 1. The number of hydrogen-bond acceptors (Lipinski definition) is 6. The molecule has 8 heteroatoms. The monoisotopic (exact) mass is 440 g/mol. The number of hydrogen-bond donors (Lipinski definition) is 2. The Morgan fingerprint density at radius 1 is 1.21 bits per heavy atom. The molecule has 1 aliphatic heterocycles. The molecule has 0 unspecified atom stereocenters. The van der Waals surface area contributed by atoms with Gasteiger partial charge in [0.2, 0.25) is 0 Å². The van der Waals surface area contributed by atoms with Crippen LogP contribution in [0.4, 0.5) is 5.69 Å². The van der Waals surface area contributed by atoms with Crippen molar-refractivity contribution in [3.05, 3.63) is 64.6 Å². The number of nitriles is 1. The van der Waals surface area contributed by atoms with Crippen molar-refractivity contribution >= 4 is 22.5 Å². The van der Waals surface area contributed by atoms with Gasteiger partial charge in [0, 0.05) is 53.6 Å². The molecular weight excluding hydrogens is 416 g/mol. The van der Waals surface area contributed by atoms with Crippen LogP contribution >= 0.6 is 0 Å². The molecular formula is C25H24N6O2. The minimum Gasteiger partial charge on any atom is -0.378 e. The Balaban J connectivity index is 1.43. The number of benzene rings is 1. The van der Waals surface area contributed by atoms with Gasteiger partial charge in [0.05, 0.1) is 24.5 Å². The molecule has 1 aliphatic rings. The highest BCUT2D eigenvalue weighted by Crippen LogP contribution is 2.30. The summed E-state index contributed by atoms with van der Waals surface area (Å²) in [5.41, 5.74) is 7.33. The number of ketones is 1. The first-order valence-corrected chi connectivity index (χ1v) is 10.9. The summed E-state index contributed by atoms with van der Waals surface area (Å²) in [6.45, 7) is 6.64. The summed E-state index contributed by atoms with van der Waals surface area (Å²) in [6.07, 6.45) is 1.97. The number of fused-ring (bicyclic) bond motifs is 1. The Kier molecular flexibility index (Phi) is 5.40. The quantitative estimate of drug-likeness (QED) is 0.458. The number of morpholine rings is 1. The van der Waals surface area contributed by atoms with Crippen LogP contribution in [0.3, 0.4) is 0 Å². The van der Waals surface area contributed by atoms with E-state index >= 15 is 0 Å². The topological polar surface area (TPSA) is 111 Å². The average Bonchev–Trinajstić information content (AvgIpc) is 3.42. The molecule has 0 bridgehead atoms. The smallest absolute Gasteiger partial charge is 0.187 e. The molecule has 8 nitrogen and oxygen atoms in total. The zero-order chi connectivity index (χ0) is 22.9. The van der Waals surface area contributed by atoms with Crippen LogP contribution in [0.1, 0.15) is 32.9 Å². The van der Waals surface area contributed by atoms with Crippen LogP contribution in [0.5, 0.6) is 0 Å². The molecule has 4 aromatic rings. The standard InChI is InChI=1S/C25H24N6O2/c1-15-16(2)29-30-24(15)23(32)10-17-9-20-11-21(28-25(20)27-14-17)18-3-4-19(13-26)22(12-18)31-5-7-33-8-6-31/h3-4,9,11-12,14H,5-8,10H2,1-2H3,(H,27,28)(H,29,30). The third kappa shape index (κ3) is 3.99. The van der Waals surface area contributed by atoms with Crippen LogP contribution < -0.4 is 4.90 Å². The number of carbonyl (C=O) groups is 1. The van der Waals surface area contributed by atoms with Crippen molar-refractivity contribution in [2.75, 3.05) is 31.2 Å². The highest BCUT2D eigenvalue weighted by Gasteiger charge is 2.18. The SMILES string of the molecule is Cc1[nH]nc(C(=O)Cc2cnc3[nH]c(-c4ccc(C#N)c(N5CCOCC5)c4)cc3c2)c1C. The number of pyridine rings is 1. The summed E-state index contributed by atoms with van der Waals surface area (Å²) >= 11 is 0. The van der Waals surface area contributed by atoms with Gasteiger partial charge in [-0.2, -0.15) is 10.4 Å². The molecule has 4 heterocycles. The number of nitrogens with one attached hydrogen (secondary N) is 2. The van der Waals surface area contributed by atoms with Crippen LogP contribution in [-0.2, 0) is 11.2 Å². The van der Waals surface area contributed by atoms with E-state index in [9.17, 15) is 10.1 Å². The second kappa shape index (κ2) is 8.52. The van der Waals surface area contributed by atoms with Gasteiger partial charge in [-0.15, -0.1) is 0 Å². The van der Waals surface area contributed by atoms with Crippen molar-refractivity contribution < 1.29 is 9.53 Å². The summed E-state index contributed by atoms with van der Waals surface area (Å²) in [5, 5.41) is 17.5. The molecule has 0 aliphatic carbocycles. The Morgan fingerprint density at radius 2 is 2.03 bits per heavy atom. The second-order valence-corrected chi connectivity index (χ2v) is 8.33. The first kappa shape index (κ1) is 20.9. The maximum absolute atomic E-state index is 12.7. The zero-order valence-corrected chi connectivity index (χ0v) is 18.6. The van der Waals surface area contributed by atoms with E-state index < -0.39 is 0 Å². The predicted molar refractivity (Wildman–Crippen MR) is 125 cm³/mol. The van der Waals surface area contributed by atoms with Gasteiger partial charge < -0.3 is 14.6 Å². The van der Waals surface area contributed by atoms with E-state index in [-0.39, 0.29) is 12.2 Å². The molecule has 0 radical (unpaired) electrons. The molecule has 166 valence electrons. The van der Waals surface area contributed by atoms with E-state index in [1.165, 1.54) is 0 Å². The Labute approximate surface area is 191 Å². The Hall–Kier alpha value is -3.96. The van der Waals surface area contributed by atoms with Crippen molar-refractivity contribution in [1.82, 2.24) is 20.2 Å². The summed E-state index contributed by atoms with van der Waals surface area (Å²) < 4.78 is 5.46. The lowest BCUT2D eigenvalue weighted by Crippen LogP contribution is -2.36. The molecule has 3 aromatic heterocycles. The van der Waals surface area contributed by atoms with Crippen molar-refractivity contribution in [2.24, 2.45) is 0 Å². The normalized spacial score (nSPS) is 13.9. The molecule has 0 amide bonds. The van der Waals surface area contributed by atoms with Crippen LogP contribution in [0.2, 0.25) is 0 Å². The lowest BCUT2D eigenvalue weighted by atomic mass is 10.0. The second-order valence-electron chi connectivity index (χ2n) is 8.33. The number of nitrogens with zero attached hydrogens (tertiary/aromatic N) is 4. The van der Waals surface area contributed by atoms with Crippen molar-refractivity contribution in [1.29, 1.82) is 5.26 Å². The molecule has 5 rings (SSSR count). The number of ether oxygens (including phenoxy) is 1. The maximum atomic E-state index is 12.7. The van der Waals surface area contributed by atoms with Gasteiger partial charge in [-0.25, -0.2) is 4.98 Å². The first-order chi connectivity index (χ1) is 16.0. The third-order valence-electron chi connectivity index (χ3n) is 6.19. The van der Waals surface area contributed by atoms with E-state index in [2.05, 4.69) is 31.1 Å². The summed E-state index contributed by atoms with van der Waals surface area (Å²) in [7, 11) is 0. The first-order valence-electron chi connectivity index (χ1n) is 10.9. The van der Waals surface area contributed by atoms with E-state index in [1.807, 2.05) is 44.2 Å². The summed E-state index contributed by atoms with van der Waals surface area (Å²) in [4.78, 5) is 22.8. The fourth-order valence-electron chi connectivity index (χ4n) is 4.20. The molecule has 0 spiro atoms. The lowest BCUT2D eigenvalue weighted by molar-refractivity contribution is 0.0987. The minimum atomic E-state index is -0.0315. The highest BCUT2D eigenvalue weighted by atomic mass is 16.5. The van der Waals surface area contributed by atoms with Crippen LogP contribution in [0.25, 0.3) is 22.3 Å². The zero-order valence-electron chi connectivity index (χ0n) is 18.6. The number of H-pyrrole nitrogens is 2. The largest absolute Gasteiger partial charge is 0.378 e. The third-order valence-corrected chi connectivity index (χ3v) is 6.19. The van der Waals surface area contributed by atoms with Gasteiger partial charge >= 0.3 is 0 Å². The van der Waals surface area contributed by atoms with Gasteiger partial charge in [-0.1, -0.05) is 6.07 Å². The molecule has 2 N–H and O–H groups in total. The Bertz CT molecular complexity index is 1390. The van der Waals surface area contributed by atoms with Crippen molar-refractivity contribution in [2.45, 2.75) is 20.3 Å². The van der Waals surface area contributed by atoms with Crippen molar-refractivity contribution in [3.8, 4) is 17.3 Å². The molecule has 33 heavy (non-hydrogen) atoms. The maximum Gasteiger partial charge on any atom is 0.187 e. The Morgan fingerprint density at radius 3 is 2.76 bits per heavy atom.